The highest BCUT2D eigenvalue weighted by Gasteiger charge is 2.59. The van der Waals surface area contributed by atoms with Crippen molar-refractivity contribution in [2.75, 3.05) is 0 Å². The van der Waals surface area contributed by atoms with Crippen LogP contribution in [-0.2, 0) is 0 Å². The maximum Gasteiger partial charge on any atom is 0.0656 e. The van der Waals surface area contributed by atoms with Gasteiger partial charge in [0, 0.05) is 0 Å². The molecule has 0 saturated heterocycles. The fraction of sp³-hybridized carbons (Fsp3) is 0.800. The second-order valence-electron chi connectivity index (χ2n) is 8.77. The van der Waals surface area contributed by atoms with E-state index >= 15 is 0 Å². The van der Waals surface area contributed by atoms with Crippen LogP contribution < -0.4 is 0 Å². The molecule has 22 heavy (non-hydrogen) atoms. The molecule has 0 spiro atoms. The predicted octanol–water partition coefficient (Wildman–Crippen LogP) is 4.47. The molecule has 2 saturated carbocycles. The number of aliphatic hydroxyl groups is 2. The van der Waals surface area contributed by atoms with E-state index in [2.05, 4.69) is 40.3 Å². The molecule has 0 radical (unpaired) electrons. The molecule has 0 aromatic heterocycles. The highest BCUT2D eigenvalue weighted by molar-refractivity contribution is 5.16. The zero-order valence-electron chi connectivity index (χ0n) is 15.0. The average molecular weight is 306 g/mol. The summed E-state index contributed by atoms with van der Waals surface area (Å²) in [7, 11) is 0. The van der Waals surface area contributed by atoms with Gasteiger partial charge in [0.2, 0.25) is 0 Å². The summed E-state index contributed by atoms with van der Waals surface area (Å²) in [6.45, 7) is 14.7. The molecule has 0 amide bonds. The lowest BCUT2D eigenvalue weighted by Crippen LogP contribution is -2.60. The maximum atomic E-state index is 11.0. The Morgan fingerprint density at radius 1 is 1.18 bits per heavy atom. The summed E-state index contributed by atoms with van der Waals surface area (Å²) in [5.41, 5.74) is 0.569. The molecule has 0 aromatic carbocycles. The van der Waals surface area contributed by atoms with Gasteiger partial charge in [-0.05, 0) is 68.6 Å². The first-order valence-electron chi connectivity index (χ1n) is 8.75. The van der Waals surface area contributed by atoms with Gasteiger partial charge >= 0.3 is 0 Å². The van der Waals surface area contributed by atoms with E-state index in [1.54, 1.807) is 0 Å². The van der Waals surface area contributed by atoms with Crippen molar-refractivity contribution < 1.29 is 10.2 Å². The van der Waals surface area contributed by atoms with Gasteiger partial charge in [-0.15, -0.1) is 0 Å². The minimum absolute atomic E-state index is 0.0705. The van der Waals surface area contributed by atoms with Crippen LogP contribution in [-0.4, -0.2) is 21.9 Å². The molecular weight excluding hydrogens is 272 g/mol. The summed E-state index contributed by atoms with van der Waals surface area (Å²) in [4.78, 5) is 0. The largest absolute Gasteiger partial charge is 0.393 e. The van der Waals surface area contributed by atoms with Gasteiger partial charge < -0.3 is 10.2 Å². The Hall–Kier alpha value is -0.600. The number of fused-ring (bicyclic) bond motifs is 1. The lowest BCUT2D eigenvalue weighted by atomic mass is 9.44. The van der Waals surface area contributed by atoms with Gasteiger partial charge in [-0.1, -0.05) is 45.1 Å². The van der Waals surface area contributed by atoms with Crippen LogP contribution in [0.4, 0.5) is 0 Å². The zero-order valence-corrected chi connectivity index (χ0v) is 15.0. The van der Waals surface area contributed by atoms with Gasteiger partial charge in [0.1, 0.15) is 0 Å². The minimum atomic E-state index is -0.623. The molecule has 126 valence electrons. The number of aliphatic hydroxyl groups excluding tert-OH is 1. The molecular formula is C20H34O2. The number of allylic oxidation sites excluding steroid dienone is 3. The van der Waals surface area contributed by atoms with Crippen molar-refractivity contribution >= 4 is 0 Å². The van der Waals surface area contributed by atoms with E-state index in [9.17, 15) is 10.2 Å². The maximum absolute atomic E-state index is 11.0. The summed E-state index contributed by atoms with van der Waals surface area (Å²) < 4.78 is 0. The van der Waals surface area contributed by atoms with Crippen molar-refractivity contribution in [1.29, 1.82) is 0 Å². The fourth-order valence-electron chi connectivity index (χ4n) is 5.43. The van der Waals surface area contributed by atoms with E-state index in [4.69, 9.17) is 0 Å². The predicted molar refractivity (Wildman–Crippen MR) is 92.5 cm³/mol. The first kappa shape index (κ1) is 17.7. The van der Waals surface area contributed by atoms with Crippen molar-refractivity contribution in [2.24, 2.45) is 22.7 Å². The number of rotatable bonds is 3. The molecule has 2 aliphatic rings. The van der Waals surface area contributed by atoms with Gasteiger partial charge in [-0.2, -0.15) is 0 Å². The highest BCUT2D eigenvalue weighted by Crippen LogP contribution is 2.62. The fourth-order valence-corrected chi connectivity index (χ4v) is 5.43. The number of hydrogen-bond acceptors (Lipinski definition) is 2. The van der Waals surface area contributed by atoms with E-state index in [1.165, 1.54) is 5.57 Å². The van der Waals surface area contributed by atoms with Crippen LogP contribution in [0, 0.1) is 22.7 Å². The summed E-state index contributed by atoms with van der Waals surface area (Å²) in [5.74, 6) is 0.701. The van der Waals surface area contributed by atoms with E-state index in [0.717, 1.165) is 32.1 Å². The van der Waals surface area contributed by atoms with Crippen molar-refractivity contribution in [3.05, 3.63) is 24.3 Å². The third kappa shape index (κ3) is 2.80. The smallest absolute Gasteiger partial charge is 0.0656 e. The summed E-state index contributed by atoms with van der Waals surface area (Å²) in [5, 5.41) is 21.5. The molecule has 2 N–H and O–H groups in total. The standard InChI is InChI=1S/C20H34O2/c1-7-14(2)8-9-16-19(5)12-11-17(21)18(3,4)15(19)10-13-20(16,6)22/h7-8,15-17,21-22H,1,9-13H2,2-6H3. The molecule has 2 nitrogen and oxygen atoms in total. The minimum Gasteiger partial charge on any atom is -0.393 e. The van der Waals surface area contributed by atoms with E-state index in [0.29, 0.717) is 5.92 Å². The van der Waals surface area contributed by atoms with Gasteiger partial charge in [-0.25, -0.2) is 0 Å². The summed E-state index contributed by atoms with van der Waals surface area (Å²) in [6.07, 6.45) is 8.46. The topological polar surface area (TPSA) is 40.5 Å². The Morgan fingerprint density at radius 2 is 1.82 bits per heavy atom. The summed E-state index contributed by atoms with van der Waals surface area (Å²) >= 11 is 0. The van der Waals surface area contributed by atoms with Crippen LogP contribution in [0.1, 0.15) is 66.7 Å². The molecule has 0 heterocycles. The molecule has 2 aliphatic carbocycles. The first-order valence-corrected chi connectivity index (χ1v) is 8.75. The van der Waals surface area contributed by atoms with Crippen LogP contribution in [0.5, 0.6) is 0 Å². The molecule has 0 aromatic rings. The Balaban J connectivity index is 2.37. The second kappa shape index (κ2) is 5.79. The quantitative estimate of drug-likeness (QED) is 0.755. The van der Waals surface area contributed by atoms with Crippen LogP contribution in [0.2, 0.25) is 0 Å². The molecule has 0 bridgehead atoms. The zero-order chi connectivity index (χ0) is 16.8. The Morgan fingerprint density at radius 3 is 2.41 bits per heavy atom. The van der Waals surface area contributed by atoms with Crippen molar-refractivity contribution in [1.82, 2.24) is 0 Å². The van der Waals surface area contributed by atoms with E-state index < -0.39 is 5.60 Å². The molecule has 5 atom stereocenters. The Bertz CT molecular complexity index is 460. The Labute approximate surface area is 136 Å². The van der Waals surface area contributed by atoms with E-state index in [-0.39, 0.29) is 22.9 Å². The molecule has 5 unspecified atom stereocenters. The van der Waals surface area contributed by atoms with Crippen LogP contribution in [0.25, 0.3) is 0 Å². The lowest BCUT2D eigenvalue weighted by Gasteiger charge is -2.62. The normalized spacial score (nSPS) is 45.2. The molecule has 2 heteroatoms. The van der Waals surface area contributed by atoms with Crippen LogP contribution >= 0.6 is 0 Å². The second-order valence-corrected chi connectivity index (χ2v) is 8.77. The van der Waals surface area contributed by atoms with Crippen molar-refractivity contribution in [2.45, 2.75) is 78.4 Å². The van der Waals surface area contributed by atoms with Crippen LogP contribution in [0.3, 0.4) is 0 Å². The van der Waals surface area contributed by atoms with Gasteiger partial charge in [0.05, 0.1) is 11.7 Å². The van der Waals surface area contributed by atoms with Gasteiger partial charge in [-0.3, -0.25) is 0 Å². The third-order valence-electron chi connectivity index (χ3n) is 6.99. The van der Waals surface area contributed by atoms with E-state index in [1.807, 2.05) is 13.0 Å². The molecule has 2 fully saturated rings. The van der Waals surface area contributed by atoms with Gasteiger partial charge in [0.25, 0.3) is 0 Å². The summed E-state index contributed by atoms with van der Waals surface area (Å²) in [6, 6.07) is 0. The number of hydrogen-bond donors (Lipinski definition) is 2. The SMILES string of the molecule is C=CC(C)=CCC1C(C)(O)CCC2C(C)(C)C(O)CCC12C. The Kier molecular flexibility index (Phi) is 4.68. The first-order chi connectivity index (χ1) is 10.1. The monoisotopic (exact) mass is 306 g/mol. The molecule has 2 rings (SSSR count). The van der Waals surface area contributed by atoms with Gasteiger partial charge in [0.15, 0.2) is 0 Å². The third-order valence-corrected chi connectivity index (χ3v) is 6.99. The van der Waals surface area contributed by atoms with Crippen LogP contribution in [0.15, 0.2) is 24.3 Å². The molecule has 0 aliphatic heterocycles. The van der Waals surface area contributed by atoms with Crippen molar-refractivity contribution in [3.63, 3.8) is 0 Å². The van der Waals surface area contributed by atoms with Crippen molar-refractivity contribution in [3.8, 4) is 0 Å². The average Bonchev–Trinajstić information content (AvgIpc) is 2.41. The highest BCUT2D eigenvalue weighted by atomic mass is 16.3. The lowest BCUT2D eigenvalue weighted by molar-refractivity contribution is -0.193.